The average Bonchev–Trinajstić information content (AvgIpc) is 2.37. The van der Waals surface area contributed by atoms with Gasteiger partial charge in [0.2, 0.25) is 0 Å². The molecule has 1 rings (SSSR count). The molecule has 5 heteroatoms. The summed E-state index contributed by atoms with van der Waals surface area (Å²) < 4.78 is 1.77. The van der Waals surface area contributed by atoms with Crippen LogP contribution < -0.4 is 5.73 Å². The van der Waals surface area contributed by atoms with Crippen LogP contribution in [0.25, 0.3) is 0 Å². The number of hydrogen-bond donors (Lipinski definition) is 1. The lowest BCUT2D eigenvalue weighted by Crippen LogP contribution is -2.26. The van der Waals surface area contributed by atoms with Crippen LogP contribution in [0.2, 0.25) is 0 Å². The fourth-order valence-electron chi connectivity index (χ4n) is 1.00. The van der Waals surface area contributed by atoms with Gasteiger partial charge in [-0.2, -0.15) is 5.10 Å². The number of rotatable bonds is 4. The number of likely N-dealkylation sites (N-methyl/N-ethyl adjacent to an activating group) is 1. The average molecular weight is 169 g/mol. The molecule has 68 valence electrons. The Morgan fingerprint density at radius 3 is 2.92 bits per heavy atom. The minimum absolute atomic E-state index is 0.675. The van der Waals surface area contributed by atoms with Gasteiger partial charge in [-0.15, -0.1) is 0 Å². The van der Waals surface area contributed by atoms with E-state index >= 15 is 0 Å². The van der Waals surface area contributed by atoms with Crippen LogP contribution in [0.15, 0.2) is 6.33 Å². The molecule has 0 saturated heterocycles. The lowest BCUT2D eigenvalue weighted by Gasteiger charge is -2.13. The molecule has 0 fully saturated rings. The lowest BCUT2D eigenvalue weighted by molar-refractivity contribution is 0.322. The molecule has 12 heavy (non-hydrogen) atoms. The second-order valence-electron chi connectivity index (χ2n) is 2.83. The van der Waals surface area contributed by atoms with Crippen LogP contribution in [-0.4, -0.2) is 39.8 Å². The molecule has 0 amide bonds. The van der Waals surface area contributed by atoms with Crippen LogP contribution in [-0.2, 0) is 13.6 Å². The lowest BCUT2D eigenvalue weighted by atomic mass is 10.5. The molecule has 0 atom stereocenters. The maximum atomic E-state index is 5.41. The van der Waals surface area contributed by atoms with Crippen molar-refractivity contribution in [3.63, 3.8) is 0 Å². The quantitative estimate of drug-likeness (QED) is 0.641. The van der Waals surface area contributed by atoms with Crippen molar-refractivity contribution >= 4 is 0 Å². The molecule has 1 aromatic heterocycles. The van der Waals surface area contributed by atoms with E-state index in [-0.39, 0.29) is 0 Å². The second kappa shape index (κ2) is 4.18. The van der Waals surface area contributed by atoms with Gasteiger partial charge in [-0.1, -0.05) is 0 Å². The number of aromatic nitrogens is 3. The molecule has 0 saturated carbocycles. The Morgan fingerprint density at radius 1 is 1.67 bits per heavy atom. The number of aryl methyl sites for hydroxylation is 1. The third kappa shape index (κ3) is 2.28. The summed E-state index contributed by atoms with van der Waals surface area (Å²) in [7, 11) is 3.90. The summed E-state index contributed by atoms with van der Waals surface area (Å²) in [4.78, 5) is 6.22. The van der Waals surface area contributed by atoms with Gasteiger partial charge in [0.15, 0.2) is 0 Å². The van der Waals surface area contributed by atoms with E-state index in [2.05, 4.69) is 15.0 Å². The maximum Gasteiger partial charge on any atom is 0.140 e. The maximum absolute atomic E-state index is 5.41. The van der Waals surface area contributed by atoms with Crippen LogP contribution >= 0.6 is 0 Å². The monoisotopic (exact) mass is 169 g/mol. The predicted molar refractivity (Wildman–Crippen MR) is 46.4 cm³/mol. The number of nitrogens with two attached hydrogens (primary N) is 1. The smallest absolute Gasteiger partial charge is 0.140 e. The summed E-state index contributed by atoms with van der Waals surface area (Å²) in [6, 6.07) is 0. The van der Waals surface area contributed by atoms with Crippen molar-refractivity contribution in [2.75, 3.05) is 20.1 Å². The van der Waals surface area contributed by atoms with Crippen molar-refractivity contribution in [1.29, 1.82) is 0 Å². The highest BCUT2D eigenvalue weighted by atomic mass is 15.3. The molecule has 1 aromatic rings. The standard InChI is InChI=1S/C7H15N5/c1-11(4-3-8)5-7-9-6-10-12(7)2/h6H,3-5,8H2,1-2H3. The molecule has 2 N–H and O–H groups in total. The second-order valence-corrected chi connectivity index (χ2v) is 2.83. The third-order valence-electron chi connectivity index (χ3n) is 1.73. The first-order valence-electron chi connectivity index (χ1n) is 3.95. The molecule has 1 heterocycles. The Balaban J connectivity index is 2.46. The Morgan fingerprint density at radius 2 is 2.42 bits per heavy atom. The molecular weight excluding hydrogens is 154 g/mol. The van der Waals surface area contributed by atoms with Crippen molar-refractivity contribution in [3.05, 3.63) is 12.2 Å². The number of hydrogen-bond acceptors (Lipinski definition) is 4. The first kappa shape index (κ1) is 9.15. The summed E-state index contributed by atoms with van der Waals surface area (Å²) in [6.07, 6.45) is 1.56. The molecule has 0 bridgehead atoms. The van der Waals surface area contributed by atoms with Gasteiger partial charge in [0.25, 0.3) is 0 Å². The van der Waals surface area contributed by atoms with E-state index in [1.165, 1.54) is 0 Å². The summed E-state index contributed by atoms with van der Waals surface area (Å²) in [6.45, 7) is 2.36. The van der Waals surface area contributed by atoms with Gasteiger partial charge in [0, 0.05) is 20.1 Å². The van der Waals surface area contributed by atoms with Gasteiger partial charge in [0.1, 0.15) is 12.2 Å². The van der Waals surface area contributed by atoms with Gasteiger partial charge >= 0.3 is 0 Å². The van der Waals surface area contributed by atoms with Gasteiger partial charge in [-0.3, -0.25) is 9.58 Å². The van der Waals surface area contributed by atoms with E-state index in [4.69, 9.17) is 5.73 Å². The van der Waals surface area contributed by atoms with Crippen LogP contribution in [0.4, 0.5) is 0 Å². The highest BCUT2D eigenvalue weighted by molar-refractivity contribution is 4.82. The molecule has 0 radical (unpaired) electrons. The normalized spacial score (nSPS) is 11.0. The Kier molecular flexibility index (Phi) is 3.19. The SMILES string of the molecule is CN(CCN)Cc1ncnn1C. The summed E-state index contributed by atoms with van der Waals surface area (Å²) in [5.41, 5.74) is 5.41. The fraction of sp³-hybridized carbons (Fsp3) is 0.714. The van der Waals surface area contributed by atoms with Gasteiger partial charge in [0.05, 0.1) is 6.54 Å². The van der Waals surface area contributed by atoms with Crippen molar-refractivity contribution in [2.24, 2.45) is 12.8 Å². The summed E-state index contributed by atoms with van der Waals surface area (Å²) in [5, 5.41) is 3.98. The molecule has 0 aromatic carbocycles. The summed E-state index contributed by atoms with van der Waals surface area (Å²) in [5.74, 6) is 0.964. The molecule has 5 nitrogen and oxygen atoms in total. The van der Waals surface area contributed by atoms with Crippen molar-refractivity contribution < 1.29 is 0 Å². The van der Waals surface area contributed by atoms with E-state index in [9.17, 15) is 0 Å². The van der Waals surface area contributed by atoms with E-state index in [1.54, 1.807) is 11.0 Å². The van der Waals surface area contributed by atoms with Crippen molar-refractivity contribution in [3.8, 4) is 0 Å². The van der Waals surface area contributed by atoms with Crippen LogP contribution in [0.5, 0.6) is 0 Å². The fourth-order valence-corrected chi connectivity index (χ4v) is 1.00. The molecule has 0 spiro atoms. The van der Waals surface area contributed by atoms with Crippen LogP contribution in [0.3, 0.4) is 0 Å². The molecule has 0 unspecified atom stereocenters. The van der Waals surface area contributed by atoms with E-state index in [0.717, 1.165) is 18.9 Å². The van der Waals surface area contributed by atoms with Crippen molar-refractivity contribution in [2.45, 2.75) is 6.54 Å². The molecular formula is C7H15N5. The van der Waals surface area contributed by atoms with Crippen LogP contribution in [0, 0.1) is 0 Å². The zero-order valence-corrected chi connectivity index (χ0v) is 7.56. The van der Waals surface area contributed by atoms with Gasteiger partial charge in [-0.25, -0.2) is 4.98 Å². The molecule has 0 aliphatic rings. The highest BCUT2D eigenvalue weighted by Crippen LogP contribution is 1.95. The molecule has 0 aliphatic heterocycles. The topological polar surface area (TPSA) is 60.0 Å². The van der Waals surface area contributed by atoms with E-state index in [1.807, 2.05) is 14.1 Å². The van der Waals surface area contributed by atoms with E-state index in [0.29, 0.717) is 6.54 Å². The molecule has 0 aliphatic carbocycles. The minimum atomic E-state index is 0.675. The van der Waals surface area contributed by atoms with Crippen LogP contribution in [0.1, 0.15) is 5.82 Å². The third-order valence-corrected chi connectivity index (χ3v) is 1.73. The minimum Gasteiger partial charge on any atom is -0.329 e. The first-order chi connectivity index (χ1) is 5.74. The highest BCUT2D eigenvalue weighted by Gasteiger charge is 2.03. The van der Waals surface area contributed by atoms with E-state index < -0.39 is 0 Å². The van der Waals surface area contributed by atoms with Crippen molar-refractivity contribution in [1.82, 2.24) is 19.7 Å². The summed E-state index contributed by atoms with van der Waals surface area (Å²) >= 11 is 0. The van der Waals surface area contributed by atoms with Gasteiger partial charge < -0.3 is 5.73 Å². The Labute approximate surface area is 72.2 Å². The zero-order chi connectivity index (χ0) is 8.97. The zero-order valence-electron chi connectivity index (χ0n) is 7.56. The van der Waals surface area contributed by atoms with Gasteiger partial charge in [-0.05, 0) is 7.05 Å². The first-order valence-corrected chi connectivity index (χ1v) is 3.95. The Hall–Kier alpha value is -0.940. The Bertz CT molecular complexity index is 231. The number of nitrogens with zero attached hydrogens (tertiary/aromatic N) is 4. The predicted octanol–water partition coefficient (Wildman–Crippen LogP) is -0.794. The largest absolute Gasteiger partial charge is 0.329 e.